The Bertz CT molecular complexity index is 590. The van der Waals surface area contributed by atoms with Crippen LogP contribution in [0.15, 0.2) is 17.8 Å². The lowest BCUT2D eigenvalue weighted by Gasteiger charge is -2.33. The average Bonchev–Trinajstić information content (AvgIpc) is 3.00. The summed E-state index contributed by atoms with van der Waals surface area (Å²) in [7, 11) is 0. The summed E-state index contributed by atoms with van der Waals surface area (Å²) in [6, 6.07) is 0. The lowest BCUT2D eigenvalue weighted by molar-refractivity contribution is -0.145. The van der Waals surface area contributed by atoms with Crippen molar-refractivity contribution in [2.45, 2.75) is 45.4 Å². The van der Waals surface area contributed by atoms with E-state index >= 15 is 0 Å². The van der Waals surface area contributed by atoms with E-state index < -0.39 is 5.97 Å². The predicted molar refractivity (Wildman–Crippen MR) is 83.6 cm³/mol. The average molecular weight is 306 g/mol. The lowest BCUT2D eigenvalue weighted by Crippen LogP contribution is -2.32. The number of nitrogens with zero attached hydrogens (tertiary/aromatic N) is 2. The van der Waals surface area contributed by atoms with Gasteiger partial charge in [0.05, 0.1) is 11.6 Å². The highest BCUT2D eigenvalue weighted by Crippen LogP contribution is 2.38. The second-order valence-electron chi connectivity index (χ2n) is 6.20. The van der Waals surface area contributed by atoms with E-state index in [2.05, 4.69) is 11.9 Å². The first-order valence-electron chi connectivity index (χ1n) is 7.81. The van der Waals surface area contributed by atoms with Crippen LogP contribution in [0.3, 0.4) is 0 Å². The van der Waals surface area contributed by atoms with E-state index in [9.17, 15) is 9.90 Å². The van der Waals surface area contributed by atoms with E-state index in [0.29, 0.717) is 5.92 Å². The minimum atomic E-state index is -0.629. The van der Waals surface area contributed by atoms with Crippen LogP contribution < -0.4 is 0 Å². The van der Waals surface area contributed by atoms with Gasteiger partial charge < -0.3 is 5.11 Å². The van der Waals surface area contributed by atoms with E-state index in [1.54, 1.807) is 11.3 Å². The highest BCUT2D eigenvalue weighted by Gasteiger charge is 2.35. The van der Waals surface area contributed by atoms with E-state index in [1.165, 1.54) is 12.8 Å². The van der Waals surface area contributed by atoms with Gasteiger partial charge in [0.2, 0.25) is 0 Å². The number of imidazole rings is 1. The third-order valence-electron chi connectivity index (χ3n) is 4.72. The first kappa shape index (κ1) is 14.6. The maximum Gasteiger partial charge on any atom is 0.306 e. The fourth-order valence-corrected chi connectivity index (χ4v) is 4.44. The number of fused-ring (bicyclic) bond motifs is 1. The van der Waals surface area contributed by atoms with Gasteiger partial charge in [-0.2, -0.15) is 0 Å². The van der Waals surface area contributed by atoms with Crippen LogP contribution in [0.2, 0.25) is 0 Å². The molecule has 0 amide bonds. The highest BCUT2D eigenvalue weighted by molar-refractivity contribution is 7.15. The number of thiazole rings is 1. The first-order chi connectivity index (χ1) is 10.2. The molecule has 5 heteroatoms. The molecule has 2 aromatic heterocycles. The number of hydrogen-bond acceptors (Lipinski definition) is 3. The van der Waals surface area contributed by atoms with Gasteiger partial charge in [0.15, 0.2) is 4.96 Å². The van der Waals surface area contributed by atoms with Crippen molar-refractivity contribution in [3.05, 3.63) is 23.5 Å². The van der Waals surface area contributed by atoms with Crippen molar-refractivity contribution in [3.8, 4) is 0 Å². The maximum atomic E-state index is 11.5. The Kier molecular flexibility index (Phi) is 4.29. The quantitative estimate of drug-likeness (QED) is 0.912. The minimum absolute atomic E-state index is 0.196. The summed E-state index contributed by atoms with van der Waals surface area (Å²) >= 11 is 1.62. The van der Waals surface area contributed by atoms with E-state index in [-0.39, 0.29) is 11.8 Å². The van der Waals surface area contributed by atoms with Crippen LogP contribution >= 0.6 is 11.3 Å². The van der Waals surface area contributed by atoms with Crippen LogP contribution in [0.4, 0.5) is 0 Å². The van der Waals surface area contributed by atoms with Crippen LogP contribution in [-0.4, -0.2) is 20.5 Å². The Hall–Kier alpha value is -1.36. The van der Waals surface area contributed by atoms with Crippen molar-refractivity contribution in [1.29, 1.82) is 0 Å². The van der Waals surface area contributed by atoms with Crippen LogP contribution in [0.5, 0.6) is 0 Å². The van der Waals surface area contributed by atoms with Crippen molar-refractivity contribution in [2.75, 3.05) is 0 Å². The number of hydrogen-bond donors (Lipinski definition) is 1. The van der Waals surface area contributed by atoms with Gasteiger partial charge in [0.25, 0.3) is 0 Å². The molecule has 3 unspecified atom stereocenters. The summed E-state index contributed by atoms with van der Waals surface area (Å²) in [6.45, 7) is 2.21. The molecule has 3 atom stereocenters. The third-order valence-corrected chi connectivity index (χ3v) is 5.49. The monoisotopic (exact) mass is 306 g/mol. The number of carboxylic acid groups (broad SMARTS) is 1. The van der Waals surface area contributed by atoms with Gasteiger partial charge in [-0.1, -0.05) is 19.8 Å². The molecule has 0 saturated heterocycles. The molecule has 2 aromatic rings. The zero-order chi connectivity index (χ0) is 14.8. The number of carbonyl (C=O) groups is 1. The molecular formula is C16H22N2O2S. The molecule has 1 aliphatic carbocycles. The largest absolute Gasteiger partial charge is 0.481 e. The summed E-state index contributed by atoms with van der Waals surface area (Å²) in [5, 5.41) is 11.5. The van der Waals surface area contributed by atoms with Gasteiger partial charge in [0.1, 0.15) is 0 Å². The molecule has 1 saturated carbocycles. The summed E-state index contributed by atoms with van der Waals surface area (Å²) in [4.78, 5) is 17.1. The number of aliphatic carboxylic acids is 1. The van der Waals surface area contributed by atoms with Gasteiger partial charge in [-0.05, 0) is 37.5 Å². The second kappa shape index (κ2) is 6.18. The SMILES string of the molecule is CCCC1CCC(C(=O)O)C(Cc2cn3ccsc3n2)C1. The van der Waals surface area contributed by atoms with Gasteiger partial charge >= 0.3 is 5.97 Å². The maximum absolute atomic E-state index is 11.5. The fraction of sp³-hybridized carbons (Fsp3) is 0.625. The first-order valence-corrected chi connectivity index (χ1v) is 8.69. The Morgan fingerprint density at radius 1 is 1.52 bits per heavy atom. The van der Waals surface area contributed by atoms with Crippen molar-refractivity contribution in [2.24, 2.45) is 17.8 Å². The summed E-state index contributed by atoms with van der Waals surface area (Å²) in [5.41, 5.74) is 1.04. The minimum Gasteiger partial charge on any atom is -0.481 e. The number of aromatic nitrogens is 2. The van der Waals surface area contributed by atoms with Crippen molar-refractivity contribution in [1.82, 2.24) is 9.38 Å². The van der Waals surface area contributed by atoms with Crippen LogP contribution in [-0.2, 0) is 11.2 Å². The van der Waals surface area contributed by atoms with Gasteiger partial charge in [-0.3, -0.25) is 9.20 Å². The third kappa shape index (κ3) is 3.12. The van der Waals surface area contributed by atoms with Crippen LogP contribution in [0, 0.1) is 17.8 Å². The molecule has 21 heavy (non-hydrogen) atoms. The molecule has 0 spiro atoms. The van der Waals surface area contributed by atoms with Crippen LogP contribution in [0.25, 0.3) is 4.96 Å². The summed E-state index contributed by atoms with van der Waals surface area (Å²) in [6.07, 6.45) is 10.2. The van der Waals surface area contributed by atoms with Crippen molar-refractivity contribution >= 4 is 22.3 Å². The van der Waals surface area contributed by atoms with Gasteiger partial charge in [-0.15, -0.1) is 11.3 Å². The molecule has 1 aliphatic rings. The molecule has 0 radical (unpaired) electrons. The summed E-state index contributed by atoms with van der Waals surface area (Å²) in [5.74, 6) is 0.102. The molecule has 0 aliphatic heterocycles. The molecule has 1 N–H and O–H groups in total. The Labute approximate surface area is 128 Å². The van der Waals surface area contributed by atoms with E-state index in [4.69, 9.17) is 0 Å². The molecule has 114 valence electrons. The molecule has 2 heterocycles. The van der Waals surface area contributed by atoms with Crippen molar-refractivity contribution < 1.29 is 9.90 Å². The number of carboxylic acids is 1. The second-order valence-corrected chi connectivity index (χ2v) is 7.07. The molecule has 0 aromatic carbocycles. The Morgan fingerprint density at radius 3 is 3.10 bits per heavy atom. The van der Waals surface area contributed by atoms with E-state index in [1.807, 2.05) is 22.2 Å². The van der Waals surface area contributed by atoms with Crippen molar-refractivity contribution in [3.63, 3.8) is 0 Å². The molecule has 4 nitrogen and oxygen atoms in total. The topological polar surface area (TPSA) is 54.6 Å². The van der Waals surface area contributed by atoms with E-state index in [0.717, 1.165) is 36.3 Å². The molecule has 3 rings (SSSR count). The summed E-state index contributed by atoms with van der Waals surface area (Å²) < 4.78 is 2.03. The standard InChI is InChI=1S/C16H22N2O2S/c1-2-3-11-4-5-14(15(19)20)12(8-11)9-13-10-18-6-7-21-16(18)17-13/h6-7,10-12,14H,2-5,8-9H2,1H3,(H,19,20). The highest BCUT2D eigenvalue weighted by atomic mass is 32.1. The van der Waals surface area contributed by atoms with Gasteiger partial charge in [-0.25, -0.2) is 4.98 Å². The fourth-order valence-electron chi connectivity index (χ4n) is 3.73. The van der Waals surface area contributed by atoms with Crippen LogP contribution in [0.1, 0.15) is 44.7 Å². The number of rotatable bonds is 5. The predicted octanol–water partition coefficient (Wildman–Crippen LogP) is 3.86. The zero-order valence-corrected chi connectivity index (χ0v) is 13.2. The molecule has 1 fully saturated rings. The lowest BCUT2D eigenvalue weighted by atomic mass is 9.71. The smallest absolute Gasteiger partial charge is 0.306 e. The Balaban J connectivity index is 1.74. The van der Waals surface area contributed by atoms with Gasteiger partial charge in [0, 0.05) is 17.8 Å². The normalized spacial score (nSPS) is 26.2. The zero-order valence-electron chi connectivity index (χ0n) is 12.4. The molecular weight excluding hydrogens is 284 g/mol. The molecule has 0 bridgehead atoms. The Morgan fingerprint density at radius 2 is 2.38 bits per heavy atom.